The van der Waals surface area contributed by atoms with Crippen LogP contribution in [0.1, 0.15) is 11.8 Å². The van der Waals surface area contributed by atoms with Gasteiger partial charge in [0.1, 0.15) is 10.9 Å². The number of amides is 3. The van der Waals surface area contributed by atoms with Crippen LogP contribution in [0.3, 0.4) is 0 Å². The summed E-state index contributed by atoms with van der Waals surface area (Å²) in [6, 6.07) is 3.84. The van der Waals surface area contributed by atoms with Crippen LogP contribution in [0.15, 0.2) is 22.4 Å². The van der Waals surface area contributed by atoms with Crippen molar-refractivity contribution < 1.29 is 19.1 Å². The lowest BCUT2D eigenvalue weighted by atomic mass is 10.3. The maximum atomic E-state index is 12.6. The second-order valence-corrected chi connectivity index (χ2v) is 8.51. The molecule has 1 aromatic heterocycles. The van der Waals surface area contributed by atoms with Gasteiger partial charge >= 0.3 is 6.09 Å². The van der Waals surface area contributed by atoms with Crippen molar-refractivity contribution in [2.45, 2.75) is 6.92 Å². The molecule has 2 aliphatic heterocycles. The minimum Gasteiger partial charge on any atom is -0.450 e. The molecule has 0 spiro atoms. The lowest BCUT2D eigenvalue weighted by molar-refractivity contribution is -0.136. The summed E-state index contributed by atoms with van der Waals surface area (Å²) in [5.74, 6) is -0.413. The molecule has 3 amide bonds. The van der Waals surface area contributed by atoms with Gasteiger partial charge in [-0.2, -0.15) is 0 Å². The van der Waals surface area contributed by atoms with Gasteiger partial charge in [0.25, 0.3) is 5.91 Å². The van der Waals surface area contributed by atoms with E-state index in [1.165, 1.54) is 28.0 Å². The summed E-state index contributed by atoms with van der Waals surface area (Å²) in [7, 11) is 0. The molecule has 2 aliphatic rings. The fourth-order valence-corrected chi connectivity index (χ4v) is 4.71. The van der Waals surface area contributed by atoms with Crippen molar-refractivity contribution in [3.63, 3.8) is 0 Å². The fourth-order valence-electron chi connectivity index (χ4n) is 2.73. The minimum absolute atomic E-state index is 0.0775. The Morgan fingerprint density at radius 3 is 2.59 bits per heavy atom. The Balaban J connectivity index is 1.56. The Bertz CT molecular complexity index is 770. The highest BCUT2D eigenvalue weighted by Crippen LogP contribution is 2.33. The molecule has 144 valence electrons. The van der Waals surface area contributed by atoms with Crippen molar-refractivity contribution in [3.8, 4) is 0 Å². The van der Waals surface area contributed by atoms with E-state index in [1.807, 2.05) is 17.5 Å². The molecule has 3 rings (SSSR count). The van der Waals surface area contributed by atoms with E-state index in [0.717, 1.165) is 4.88 Å². The molecule has 0 atom stereocenters. The molecular formula is C17H19N3O4S3. The Labute approximate surface area is 170 Å². The van der Waals surface area contributed by atoms with Crippen LogP contribution in [0.5, 0.6) is 0 Å². The topological polar surface area (TPSA) is 70.2 Å². The van der Waals surface area contributed by atoms with Gasteiger partial charge < -0.3 is 14.5 Å². The highest BCUT2D eigenvalue weighted by atomic mass is 32.2. The van der Waals surface area contributed by atoms with Crippen LogP contribution in [0.2, 0.25) is 0 Å². The number of thioether (sulfide) groups is 1. The van der Waals surface area contributed by atoms with Crippen LogP contribution in [0, 0.1) is 0 Å². The molecule has 0 bridgehead atoms. The van der Waals surface area contributed by atoms with Gasteiger partial charge in [-0.15, -0.1) is 11.3 Å². The Morgan fingerprint density at radius 1 is 1.26 bits per heavy atom. The summed E-state index contributed by atoms with van der Waals surface area (Å²) in [5, 5.41) is 1.94. The van der Waals surface area contributed by atoms with E-state index < -0.39 is 0 Å². The van der Waals surface area contributed by atoms with E-state index >= 15 is 0 Å². The Kier molecular flexibility index (Phi) is 6.51. The third-order valence-electron chi connectivity index (χ3n) is 4.14. The van der Waals surface area contributed by atoms with Gasteiger partial charge in [-0.3, -0.25) is 14.5 Å². The SMILES string of the molecule is CCOC(=O)N1CCN(C(=O)CN2C(=O)C(=Cc3cccs3)SC2=S)CC1. The second kappa shape index (κ2) is 8.85. The normalized spacial score (nSPS) is 19.1. The molecule has 10 heteroatoms. The molecule has 1 aromatic rings. The number of ether oxygens (including phenoxy) is 1. The van der Waals surface area contributed by atoms with Crippen molar-refractivity contribution in [2.24, 2.45) is 0 Å². The quantitative estimate of drug-likeness (QED) is 0.544. The van der Waals surface area contributed by atoms with Gasteiger partial charge in [0.15, 0.2) is 0 Å². The van der Waals surface area contributed by atoms with E-state index in [-0.39, 0.29) is 24.5 Å². The zero-order chi connectivity index (χ0) is 19.4. The number of carbonyl (C=O) groups is 3. The lowest BCUT2D eigenvalue weighted by Gasteiger charge is -2.34. The molecule has 27 heavy (non-hydrogen) atoms. The van der Waals surface area contributed by atoms with Gasteiger partial charge in [0.2, 0.25) is 5.91 Å². The largest absolute Gasteiger partial charge is 0.450 e. The van der Waals surface area contributed by atoms with Gasteiger partial charge in [-0.25, -0.2) is 4.79 Å². The van der Waals surface area contributed by atoms with Crippen molar-refractivity contribution >= 4 is 63.6 Å². The van der Waals surface area contributed by atoms with Crippen molar-refractivity contribution in [3.05, 3.63) is 27.3 Å². The van der Waals surface area contributed by atoms with Crippen molar-refractivity contribution in [1.29, 1.82) is 0 Å². The number of rotatable bonds is 4. The molecule has 0 saturated carbocycles. The maximum Gasteiger partial charge on any atom is 0.409 e. The number of hydrogen-bond donors (Lipinski definition) is 0. The van der Waals surface area contributed by atoms with Crippen molar-refractivity contribution in [2.75, 3.05) is 39.3 Å². The number of thiophene rings is 1. The average Bonchev–Trinajstić information content (AvgIpc) is 3.26. The highest BCUT2D eigenvalue weighted by molar-refractivity contribution is 8.26. The van der Waals surface area contributed by atoms with Crippen LogP contribution in [-0.4, -0.2) is 76.3 Å². The van der Waals surface area contributed by atoms with Crippen LogP contribution in [-0.2, 0) is 14.3 Å². The Hall–Kier alpha value is -1.91. The van der Waals surface area contributed by atoms with E-state index in [0.29, 0.717) is 42.0 Å². The number of piperazine rings is 1. The standard InChI is InChI=1S/C17H19N3O4S3/c1-2-24-16(23)19-7-5-18(6-8-19)14(21)11-20-15(22)13(27-17(20)25)10-12-4-3-9-26-12/h3-4,9-10H,2,5-8,11H2,1H3. The average molecular weight is 426 g/mol. The van der Waals surface area contributed by atoms with E-state index in [4.69, 9.17) is 17.0 Å². The van der Waals surface area contributed by atoms with Crippen LogP contribution in [0.25, 0.3) is 6.08 Å². The van der Waals surface area contributed by atoms with Gasteiger partial charge in [-0.1, -0.05) is 30.0 Å². The maximum absolute atomic E-state index is 12.6. The smallest absolute Gasteiger partial charge is 0.409 e. The molecule has 2 fully saturated rings. The van der Waals surface area contributed by atoms with Crippen LogP contribution < -0.4 is 0 Å². The lowest BCUT2D eigenvalue weighted by Crippen LogP contribution is -2.53. The zero-order valence-corrected chi connectivity index (χ0v) is 17.2. The predicted octanol–water partition coefficient (Wildman–Crippen LogP) is 2.25. The summed E-state index contributed by atoms with van der Waals surface area (Å²) in [6.07, 6.45) is 1.44. The molecule has 3 heterocycles. The fraction of sp³-hybridized carbons (Fsp3) is 0.412. The molecular weight excluding hydrogens is 406 g/mol. The first kappa shape index (κ1) is 19.8. The number of nitrogens with zero attached hydrogens (tertiary/aromatic N) is 3. The third-order valence-corrected chi connectivity index (χ3v) is 6.34. The van der Waals surface area contributed by atoms with E-state index in [1.54, 1.807) is 22.8 Å². The molecule has 7 nitrogen and oxygen atoms in total. The van der Waals surface area contributed by atoms with Crippen LogP contribution in [0.4, 0.5) is 4.79 Å². The monoisotopic (exact) mass is 425 g/mol. The van der Waals surface area contributed by atoms with E-state index in [9.17, 15) is 14.4 Å². The minimum atomic E-state index is -0.361. The third kappa shape index (κ3) is 4.69. The second-order valence-electron chi connectivity index (χ2n) is 5.85. The summed E-state index contributed by atoms with van der Waals surface area (Å²) >= 11 is 8.03. The predicted molar refractivity (Wildman–Crippen MR) is 109 cm³/mol. The summed E-state index contributed by atoms with van der Waals surface area (Å²) in [4.78, 5) is 43.0. The first-order valence-corrected chi connectivity index (χ1v) is 10.6. The highest BCUT2D eigenvalue weighted by Gasteiger charge is 2.35. The van der Waals surface area contributed by atoms with E-state index in [2.05, 4.69) is 0 Å². The Morgan fingerprint density at radius 2 is 1.96 bits per heavy atom. The van der Waals surface area contributed by atoms with Gasteiger partial charge in [0.05, 0.1) is 11.5 Å². The van der Waals surface area contributed by atoms with Crippen molar-refractivity contribution in [1.82, 2.24) is 14.7 Å². The van der Waals surface area contributed by atoms with Gasteiger partial charge in [-0.05, 0) is 24.4 Å². The number of carbonyl (C=O) groups excluding carboxylic acids is 3. The first-order valence-electron chi connectivity index (χ1n) is 8.48. The molecule has 0 unspecified atom stereocenters. The molecule has 0 radical (unpaired) electrons. The number of hydrogen-bond acceptors (Lipinski definition) is 7. The number of thiocarbonyl (C=S) groups is 1. The summed E-state index contributed by atoms with van der Waals surface area (Å²) < 4.78 is 5.36. The molecule has 0 aromatic carbocycles. The summed E-state index contributed by atoms with van der Waals surface area (Å²) in [5.41, 5.74) is 0. The molecule has 0 N–H and O–H groups in total. The first-order chi connectivity index (χ1) is 13.0. The van der Waals surface area contributed by atoms with Crippen LogP contribution >= 0.6 is 35.3 Å². The van der Waals surface area contributed by atoms with Gasteiger partial charge in [0, 0.05) is 31.1 Å². The molecule has 2 saturated heterocycles. The molecule has 0 aliphatic carbocycles. The zero-order valence-electron chi connectivity index (χ0n) is 14.8. The summed E-state index contributed by atoms with van der Waals surface area (Å²) in [6.45, 7) is 3.67.